The molecule has 22 heavy (non-hydrogen) atoms. The number of aliphatic hydroxyl groups excluding tert-OH is 2. The zero-order valence-corrected chi connectivity index (χ0v) is 13.1. The molecule has 0 aromatic carbocycles. The van der Waals surface area contributed by atoms with Crippen LogP contribution >= 0.6 is 0 Å². The molecule has 8 nitrogen and oxygen atoms in total. The van der Waals surface area contributed by atoms with E-state index in [0.717, 1.165) is 12.8 Å². The minimum Gasteiger partial charge on any atom is -0.394 e. The molecule has 5 N–H and O–H groups in total. The van der Waals surface area contributed by atoms with E-state index >= 15 is 0 Å². The number of carbonyl (C=O) groups excluding carboxylic acids is 2. The van der Waals surface area contributed by atoms with E-state index in [-0.39, 0.29) is 31.6 Å². The number of nitrogens with one attached hydrogen (secondary N) is 3. The molecule has 1 fully saturated rings. The normalized spacial score (nSPS) is 19.9. The Morgan fingerprint density at radius 1 is 1.23 bits per heavy atom. The van der Waals surface area contributed by atoms with Crippen molar-refractivity contribution in [2.45, 2.75) is 44.4 Å². The van der Waals surface area contributed by atoms with Gasteiger partial charge in [-0.25, -0.2) is 0 Å². The van der Waals surface area contributed by atoms with Crippen LogP contribution in [-0.4, -0.2) is 66.7 Å². The van der Waals surface area contributed by atoms with Gasteiger partial charge in [0.25, 0.3) is 5.91 Å². The lowest BCUT2D eigenvalue weighted by atomic mass is 10.1. The monoisotopic (exact) mass is 317 g/mol. The summed E-state index contributed by atoms with van der Waals surface area (Å²) in [5, 5.41) is 26.7. The molecule has 0 saturated carbocycles. The number of aliphatic hydroxyl groups is 2. The van der Waals surface area contributed by atoms with E-state index in [4.69, 9.17) is 4.74 Å². The molecule has 8 heteroatoms. The molecule has 128 valence electrons. The Hall–Kier alpha value is -1.22. The summed E-state index contributed by atoms with van der Waals surface area (Å²) in [7, 11) is 0. The Labute approximate surface area is 130 Å². The summed E-state index contributed by atoms with van der Waals surface area (Å²) in [6.45, 7) is 2.42. The molecule has 1 saturated heterocycles. The number of hydrogen-bond acceptors (Lipinski definition) is 6. The molecule has 0 aromatic rings. The van der Waals surface area contributed by atoms with Crippen LogP contribution in [0.15, 0.2) is 0 Å². The van der Waals surface area contributed by atoms with Crippen molar-refractivity contribution in [2.24, 2.45) is 0 Å². The highest BCUT2D eigenvalue weighted by atomic mass is 16.5. The van der Waals surface area contributed by atoms with E-state index in [1.807, 2.05) is 6.92 Å². The van der Waals surface area contributed by atoms with Crippen molar-refractivity contribution in [3.05, 3.63) is 0 Å². The standard InChI is InChI=1S/C14H27N3O5/c1-2-3-5-11(20)15-6-4-7-16-12(21)13-17-14(8-18,9-19)10-22-13/h13,17-19H,2-10H2,1H3,(H,15,20)(H,16,21). The smallest absolute Gasteiger partial charge is 0.264 e. The van der Waals surface area contributed by atoms with Gasteiger partial charge in [-0.3, -0.25) is 14.9 Å². The fourth-order valence-corrected chi connectivity index (χ4v) is 2.02. The molecule has 1 rings (SSSR count). The summed E-state index contributed by atoms with van der Waals surface area (Å²) in [6, 6.07) is 0. The van der Waals surface area contributed by atoms with Gasteiger partial charge in [0.1, 0.15) is 0 Å². The van der Waals surface area contributed by atoms with Gasteiger partial charge in [-0.1, -0.05) is 13.3 Å². The molecule has 0 aromatic heterocycles. The first-order chi connectivity index (χ1) is 10.6. The topological polar surface area (TPSA) is 120 Å². The highest BCUT2D eigenvalue weighted by molar-refractivity contribution is 5.80. The molecule has 0 aliphatic carbocycles. The molecule has 0 bridgehead atoms. The molecular formula is C14H27N3O5. The number of carbonyl (C=O) groups is 2. The molecular weight excluding hydrogens is 290 g/mol. The summed E-state index contributed by atoms with van der Waals surface area (Å²) >= 11 is 0. The molecule has 1 aliphatic heterocycles. The van der Waals surface area contributed by atoms with Gasteiger partial charge in [-0.2, -0.15) is 0 Å². The van der Waals surface area contributed by atoms with Gasteiger partial charge >= 0.3 is 0 Å². The Morgan fingerprint density at radius 2 is 1.91 bits per heavy atom. The van der Waals surface area contributed by atoms with E-state index < -0.39 is 11.8 Å². The van der Waals surface area contributed by atoms with Gasteiger partial charge in [0.2, 0.25) is 5.91 Å². The predicted molar refractivity (Wildman–Crippen MR) is 79.9 cm³/mol. The minimum absolute atomic E-state index is 0.0321. The lowest BCUT2D eigenvalue weighted by molar-refractivity contribution is -0.131. The zero-order valence-electron chi connectivity index (χ0n) is 13.1. The van der Waals surface area contributed by atoms with Crippen LogP contribution in [0.3, 0.4) is 0 Å². The van der Waals surface area contributed by atoms with E-state index in [1.54, 1.807) is 0 Å². The highest BCUT2D eigenvalue weighted by Crippen LogP contribution is 2.14. The van der Waals surface area contributed by atoms with Crippen molar-refractivity contribution in [2.75, 3.05) is 32.9 Å². The van der Waals surface area contributed by atoms with Crippen molar-refractivity contribution in [1.82, 2.24) is 16.0 Å². The van der Waals surface area contributed by atoms with Gasteiger partial charge in [0, 0.05) is 19.5 Å². The summed E-state index contributed by atoms with van der Waals surface area (Å²) in [5.74, 6) is -0.314. The maximum absolute atomic E-state index is 11.9. The van der Waals surface area contributed by atoms with Crippen molar-refractivity contribution >= 4 is 11.8 Å². The minimum atomic E-state index is -0.963. The number of rotatable bonds is 10. The fourth-order valence-electron chi connectivity index (χ4n) is 2.02. The first kappa shape index (κ1) is 18.8. The lowest BCUT2D eigenvalue weighted by Crippen LogP contribution is -2.54. The Bertz CT molecular complexity index is 360. The van der Waals surface area contributed by atoms with Crippen LogP contribution in [0.1, 0.15) is 32.6 Å². The lowest BCUT2D eigenvalue weighted by Gasteiger charge is -2.22. The molecule has 2 amide bonds. The van der Waals surface area contributed by atoms with Crippen LogP contribution in [-0.2, 0) is 14.3 Å². The average Bonchev–Trinajstić information content (AvgIpc) is 2.97. The van der Waals surface area contributed by atoms with Gasteiger partial charge < -0.3 is 25.6 Å². The third kappa shape index (κ3) is 5.88. The molecule has 0 spiro atoms. The van der Waals surface area contributed by atoms with Crippen LogP contribution in [0.25, 0.3) is 0 Å². The summed E-state index contributed by atoms with van der Waals surface area (Å²) in [5.41, 5.74) is -0.963. The number of ether oxygens (including phenoxy) is 1. The number of hydrogen-bond donors (Lipinski definition) is 5. The predicted octanol–water partition coefficient (Wildman–Crippen LogP) is -1.53. The number of amides is 2. The van der Waals surface area contributed by atoms with Crippen molar-refractivity contribution < 1.29 is 24.5 Å². The van der Waals surface area contributed by atoms with Crippen molar-refractivity contribution in [3.8, 4) is 0 Å². The summed E-state index contributed by atoms with van der Waals surface area (Å²) in [6.07, 6.45) is 2.15. The van der Waals surface area contributed by atoms with Crippen LogP contribution in [0.4, 0.5) is 0 Å². The molecule has 1 heterocycles. The maximum atomic E-state index is 11.9. The second kappa shape index (κ2) is 9.73. The fraction of sp³-hybridized carbons (Fsp3) is 0.857. The Balaban J connectivity index is 2.13. The summed E-state index contributed by atoms with van der Waals surface area (Å²) < 4.78 is 5.24. The molecule has 0 radical (unpaired) electrons. The third-order valence-corrected chi connectivity index (χ3v) is 3.54. The van der Waals surface area contributed by atoms with E-state index in [9.17, 15) is 19.8 Å². The third-order valence-electron chi connectivity index (χ3n) is 3.54. The van der Waals surface area contributed by atoms with Crippen LogP contribution in [0.2, 0.25) is 0 Å². The van der Waals surface area contributed by atoms with Gasteiger partial charge in [0.15, 0.2) is 6.23 Å². The zero-order chi connectivity index (χ0) is 16.4. The van der Waals surface area contributed by atoms with Crippen LogP contribution in [0, 0.1) is 0 Å². The van der Waals surface area contributed by atoms with Gasteiger partial charge in [-0.05, 0) is 12.8 Å². The second-order valence-corrected chi connectivity index (χ2v) is 5.53. The number of unbranched alkanes of at least 4 members (excludes halogenated alkanes) is 1. The highest BCUT2D eigenvalue weighted by Gasteiger charge is 2.41. The maximum Gasteiger partial charge on any atom is 0.264 e. The van der Waals surface area contributed by atoms with Gasteiger partial charge in [-0.15, -0.1) is 0 Å². The van der Waals surface area contributed by atoms with Crippen molar-refractivity contribution in [3.63, 3.8) is 0 Å². The SMILES string of the molecule is CCCCC(=O)NCCCNC(=O)C1NC(CO)(CO)CO1. The van der Waals surface area contributed by atoms with Gasteiger partial charge in [0.05, 0.1) is 25.4 Å². The largest absolute Gasteiger partial charge is 0.394 e. The van der Waals surface area contributed by atoms with Crippen LogP contribution < -0.4 is 16.0 Å². The molecule has 1 atom stereocenters. The Morgan fingerprint density at radius 3 is 2.50 bits per heavy atom. The average molecular weight is 317 g/mol. The summed E-state index contributed by atoms with van der Waals surface area (Å²) in [4.78, 5) is 23.2. The molecule has 1 unspecified atom stereocenters. The van der Waals surface area contributed by atoms with E-state index in [0.29, 0.717) is 25.9 Å². The van der Waals surface area contributed by atoms with E-state index in [2.05, 4.69) is 16.0 Å². The second-order valence-electron chi connectivity index (χ2n) is 5.53. The molecule has 1 aliphatic rings. The van der Waals surface area contributed by atoms with Crippen molar-refractivity contribution in [1.29, 1.82) is 0 Å². The first-order valence-electron chi connectivity index (χ1n) is 7.72. The van der Waals surface area contributed by atoms with Crippen LogP contribution in [0.5, 0.6) is 0 Å². The quantitative estimate of drug-likeness (QED) is 0.312. The van der Waals surface area contributed by atoms with E-state index in [1.165, 1.54) is 0 Å². The Kier molecular flexibility index (Phi) is 8.32. The first-order valence-corrected chi connectivity index (χ1v) is 7.72.